The zero-order valence-electron chi connectivity index (χ0n) is 13.5. The van der Waals surface area contributed by atoms with Crippen molar-refractivity contribution in [2.24, 2.45) is 11.8 Å². The van der Waals surface area contributed by atoms with Crippen molar-refractivity contribution in [2.45, 2.75) is 27.7 Å². The van der Waals surface area contributed by atoms with E-state index in [1.165, 1.54) is 0 Å². The quantitative estimate of drug-likeness (QED) is 0.749. The van der Waals surface area contributed by atoms with Crippen LogP contribution < -0.4 is 16.0 Å². The molecule has 0 radical (unpaired) electrons. The second kappa shape index (κ2) is 8.63. The molecule has 0 aromatic heterocycles. The molecule has 22 heavy (non-hydrogen) atoms. The normalized spacial score (nSPS) is 10.7. The summed E-state index contributed by atoms with van der Waals surface area (Å²) in [7, 11) is 0. The van der Waals surface area contributed by atoms with Gasteiger partial charge in [0.2, 0.25) is 0 Å². The topological polar surface area (TPSA) is 70.2 Å². The Hall–Kier alpha value is -1.75. The fourth-order valence-corrected chi connectivity index (χ4v) is 1.91. The van der Waals surface area contributed by atoms with Gasteiger partial charge in [0, 0.05) is 18.8 Å². The molecule has 0 bridgehead atoms. The smallest absolute Gasteiger partial charge is 0.319 e. The third kappa shape index (κ3) is 6.35. The number of carbonyl (C=O) groups excluding carboxylic acids is 2. The molecule has 0 saturated heterocycles. The monoisotopic (exact) mass is 325 g/mol. The fraction of sp³-hybridized carbons (Fsp3) is 0.500. The number of carbonyl (C=O) groups is 2. The summed E-state index contributed by atoms with van der Waals surface area (Å²) in [5, 5.41) is 8.55. The van der Waals surface area contributed by atoms with Crippen LogP contribution in [0, 0.1) is 11.8 Å². The van der Waals surface area contributed by atoms with Gasteiger partial charge in [-0.15, -0.1) is 0 Å². The number of hydrogen-bond donors (Lipinski definition) is 3. The molecule has 0 spiro atoms. The van der Waals surface area contributed by atoms with Gasteiger partial charge in [0.05, 0.1) is 10.6 Å². The highest BCUT2D eigenvalue weighted by atomic mass is 35.5. The van der Waals surface area contributed by atoms with Crippen LogP contribution in [-0.2, 0) is 0 Å². The van der Waals surface area contributed by atoms with E-state index in [9.17, 15) is 9.59 Å². The van der Waals surface area contributed by atoms with Crippen LogP contribution in [-0.4, -0.2) is 25.0 Å². The first-order valence-electron chi connectivity index (χ1n) is 7.42. The van der Waals surface area contributed by atoms with E-state index < -0.39 is 0 Å². The first-order valence-corrected chi connectivity index (χ1v) is 7.80. The van der Waals surface area contributed by atoms with Crippen LogP contribution >= 0.6 is 11.6 Å². The second-order valence-electron chi connectivity index (χ2n) is 6.03. The van der Waals surface area contributed by atoms with Crippen molar-refractivity contribution in [3.05, 3.63) is 28.8 Å². The van der Waals surface area contributed by atoms with Crippen LogP contribution in [0.1, 0.15) is 38.1 Å². The predicted molar refractivity (Wildman–Crippen MR) is 90.5 cm³/mol. The molecule has 0 heterocycles. The zero-order valence-corrected chi connectivity index (χ0v) is 14.3. The summed E-state index contributed by atoms with van der Waals surface area (Å²) in [5.41, 5.74) is 0.946. The number of amides is 3. The molecule has 0 aliphatic heterocycles. The molecule has 0 saturated carbocycles. The molecule has 3 amide bonds. The lowest BCUT2D eigenvalue weighted by Crippen LogP contribution is -2.31. The molecule has 1 aromatic rings. The summed E-state index contributed by atoms with van der Waals surface area (Å²) in [4.78, 5) is 23.7. The number of hydrogen-bond acceptors (Lipinski definition) is 2. The van der Waals surface area contributed by atoms with Crippen molar-refractivity contribution in [1.82, 2.24) is 10.6 Å². The highest BCUT2D eigenvalue weighted by Crippen LogP contribution is 2.21. The molecule has 0 aliphatic rings. The number of urea groups is 1. The van der Waals surface area contributed by atoms with Gasteiger partial charge >= 0.3 is 6.03 Å². The lowest BCUT2D eigenvalue weighted by molar-refractivity contribution is 0.0949. The van der Waals surface area contributed by atoms with Crippen LogP contribution in [0.25, 0.3) is 0 Å². The molecule has 6 heteroatoms. The van der Waals surface area contributed by atoms with Gasteiger partial charge in [-0.05, 0) is 30.0 Å². The second-order valence-corrected chi connectivity index (χ2v) is 6.43. The van der Waals surface area contributed by atoms with Crippen LogP contribution in [0.15, 0.2) is 18.2 Å². The van der Waals surface area contributed by atoms with Gasteiger partial charge in [-0.1, -0.05) is 39.3 Å². The largest absolute Gasteiger partial charge is 0.352 e. The van der Waals surface area contributed by atoms with E-state index in [2.05, 4.69) is 16.0 Å². The Labute approximate surface area is 136 Å². The number of anilines is 1. The van der Waals surface area contributed by atoms with Crippen molar-refractivity contribution in [1.29, 1.82) is 0 Å². The van der Waals surface area contributed by atoms with E-state index in [4.69, 9.17) is 11.6 Å². The van der Waals surface area contributed by atoms with E-state index in [1.807, 2.05) is 27.7 Å². The van der Waals surface area contributed by atoms with Gasteiger partial charge in [-0.25, -0.2) is 4.79 Å². The van der Waals surface area contributed by atoms with E-state index in [0.29, 0.717) is 41.2 Å². The van der Waals surface area contributed by atoms with Crippen molar-refractivity contribution in [3.63, 3.8) is 0 Å². The lowest BCUT2D eigenvalue weighted by atomic mass is 10.1. The minimum atomic E-state index is -0.290. The number of nitrogens with one attached hydrogen (secondary N) is 3. The van der Waals surface area contributed by atoms with Crippen LogP contribution in [0.4, 0.5) is 10.5 Å². The molecule has 122 valence electrons. The first-order chi connectivity index (χ1) is 10.3. The average Bonchev–Trinajstić information content (AvgIpc) is 2.42. The molecular weight excluding hydrogens is 302 g/mol. The molecule has 1 rings (SSSR count). The SMILES string of the molecule is CC(C)CNC(=O)Nc1ccc(C(=O)NCC(C)C)c(Cl)c1. The molecule has 0 unspecified atom stereocenters. The maximum atomic E-state index is 12.0. The number of halogens is 1. The molecule has 0 fully saturated rings. The Morgan fingerprint density at radius 1 is 1.05 bits per heavy atom. The molecule has 3 N–H and O–H groups in total. The molecule has 5 nitrogen and oxygen atoms in total. The highest BCUT2D eigenvalue weighted by molar-refractivity contribution is 6.34. The van der Waals surface area contributed by atoms with Gasteiger partial charge in [0.15, 0.2) is 0 Å². The Bertz CT molecular complexity index is 530. The standard InChI is InChI=1S/C16H24ClN3O2/c1-10(2)8-18-15(21)13-6-5-12(7-14(13)17)20-16(22)19-9-11(3)4/h5-7,10-11H,8-9H2,1-4H3,(H,18,21)(H2,19,20,22). The zero-order chi connectivity index (χ0) is 16.7. The summed E-state index contributed by atoms with van der Waals surface area (Å²) in [6, 6.07) is 4.55. The Balaban J connectivity index is 2.65. The van der Waals surface area contributed by atoms with E-state index in [1.54, 1.807) is 18.2 Å². The van der Waals surface area contributed by atoms with Crippen molar-refractivity contribution < 1.29 is 9.59 Å². The predicted octanol–water partition coefficient (Wildman–Crippen LogP) is 3.50. The van der Waals surface area contributed by atoms with Gasteiger partial charge in [0.1, 0.15) is 0 Å². The third-order valence-corrected chi connectivity index (χ3v) is 3.13. The van der Waals surface area contributed by atoms with Crippen LogP contribution in [0.2, 0.25) is 5.02 Å². The number of rotatable bonds is 6. The van der Waals surface area contributed by atoms with E-state index >= 15 is 0 Å². The summed E-state index contributed by atoms with van der Waals surface area (Å²) in [6.07, 6.45) is 0. The molecule has 0 atom stereocenters. The van der Waals surface area contributed by atoms with Crippen molar-refractivity contribution in [2.75, 3.05) is 18.4 Å². The summed E-state index contributed by atoms with van der Waals surface area (Å²) in [5.74, 6) is 0.532. The third-order valence-electron chi connectivity index (χ3n) is 2.81. The van der Waals surface area contributed by atoms with Gasteiger partial charge in [-0.2, -0.15) is 0 Å². The van der Waals surface area contributed by atoms with E-state index in [-0.39, 0.29) is 11.9 Å². The summed E-state index contributed by atoms with van der Waals surface area (Å²) < 4.78 is 0. The van der Waals surface area contributed by atoms with Crippen molar-refractivity contribution in [3.8, 4) is 0 Å². The maximum absolute atomic E-state index is 12.0. The fourth-order valence-electron chi connectivity index (χ4n) is 1.64. The molecule has 1 aromatic carbocycles. The van der Waals surface area contributed by atoms with Crippen molar-refractivity contribution >= 4 is 29.2 Å². The Morgan fingerprint density at radius 3 is 2.18 bits per heavy atom. The summed E-state index contributed by atoms with van der Waals surface area (Å²) in [6.45, 7) is 9.25. The van der Waals surface area contributed by atoms with Crippen LogP contribution in [0.5, 0.6) is 0 Å². The van der Waals surface area contributed by atoms with Gasteiger partial charge < -0.3 is 16.0 Å². The molecular formula is C16H24ClN3O2. The Kier molecular flexibility index (Phi) is 7.18. The summed E-state index contributed by atoms with van der Waals surface area (Å²) >= 11 is 6.12. The maximum Gasteiger partial charge on any atom is 0.319 e. The highest BCUT2D eigenvalue weighted by Gasteiger charge is 2.12. The van der Waals surface area contributed by atoms with Gasteiger partial charge in [0.25, 0.3) is 5.91 Å². The Morgan fingerprint density at radius 2 is 1.64 bits per heavy atom. The molecule has 0 aliphatic carbocycles. The average molecular weight is 326 g/mol. The minimum absolute atomic E-state index is 0.213. The number of benzene rings is 1. The van der Waals surface area contributed by atoms with E-state index in [0.717, 1.165) is 0 Å². The minimum Gasteiger partial charge on any atom is -0.352 e. The van der Waals surface area contributed by atoms with Gasteiger partial charge in [-0.3, -0.25) is 4.79 Å². The lowest BCUT2D eigenvalue weighted by Gasteiger charge is -2.12. The first kappa shape index (κ1) is 18.3. The van der Waals surface area contributed by atoms with Crippen LogP contribution in [0.3, 0.4) is 0 Å².